The molecule has 1 aliphatic rings. The van der Waals surface area contributed by atoms with Crippen molar-refractivity contribution in [2.24, 2.45) is 15.8 Å². The molecule has 1 saturated carbocycles. The first kappa shape index (κ1) is 25.4. The van der Waals surface area contributed by atoms with Crippen LogP contribution in [0.3, 0.4) is 0 Å². The zero-order valence-electron chi connectivity index (χ0n) is 17.0. The highest BCUT2D eigenvalue weighted by Crippen LogP contribution is 2.38. The van der Waals surface area contributed by atoms with Gasteiger partial charge in [-0.1, -0.05) is 19.3 Å². The predicted octanol–water partition coefficient (Wildman–Crippen LogP) is 2.65. The third-order valence-electron chi connectivity index (χ3n) is 5.12. The minimum absolute atomic E-state index is 0. The third kappa shape index (κ3) is 8.41. The van der Waals surface area contributed by atoms with E-state index in [0.717, 1.165) is 38.3 Å². The largest absolute Gasteiger partial charge is 0.396 e. The molecule has 0 unspecified atom stereocenters. The van der Waals surface area contributed by atoms with Crippen molar-refractivity contribution in [2.45, 2.75) is 66.2 Å². The Kier molecular flexibility index (Phi) is 12.5. The van der Waals surface area contributed by atoms with Gasteiger partial charge in [0.2, 0.25) is 5.91 Å². The molecule has 0 aromatic rings. The van der Waals surface area contributed by atoms with Crippen LogP contribution in [0.1, 0.15) is 66.2 Å². The Balaban J connectivity index is 0.00000625. The summed E-state index contributed by atoms with van der Waals surface area (Å²) in [6.45, 7) is 10.7. The fourth-order valence-electron chi connectivity index (χ4n) is 3.42. The smallest absolute Gasteiger partial charge is 0.227 e. The molecule has 154 valence electrons. The summed E-state index contributed by atoms with van der Waals surface area (Å²) in [6, 6.07) is 0. The van der Waals surface area contributed by atoms with Crippen molar-refractivity contribution in [3.05, 3.63) is 0 Å². The second-order valence-electron chi connectivity index (χ2n) is 7.83. The lowest BCUT2D eigenvalue weighted by Crippen LogP contribution is -2.46. The van der Waals surface area contributed by atoms with E-state index in [1.165, 1.54) is 19.3 Å². The van der Waals surface area contributed by atoms with E-state index in [-0.39, 0.29) is 41.9 Å². The molecule has 1 fully saturated rings. The number of guanidine groups is 1. The number of halogens is 1. The lowest BCUT2D eigenvalue weighted by Gasteiger charge is -2.37. The average molecular weight is 482 g/mol. The van der Waals surface area contributed by atoms with Crippen molar-refractivity contribution in [2.75, 3.05) is 32.8 Å². The summed E-state index contributed by atoms with van der Waals surface area (Å²) in [5, 5.41) is 19.1. The highest BCUT2D eigenvalue weighted by molar-refractivity contribution is 14.0. The van der Waals surface area contributed by atoms with Crippen molar-refractivity contribution in [1.82, 2.24) is 16.0 Å². The average Bonchev–Trinajstić information content (AvgIpc) is 2.59. The van der Waals surface area contributed by atoms with Gasteiger partial charge in [-0.2, -0.15) is 0 Å². The predicted molar refractivity (Wildman–Crippen MR) is 119 cm³/mol. The molecule has 0 aromatic carbocycles. The van der Waals surface area contributed by atoms with Crippen LogP contribution in [0.4, 0.5) is 0 Å². The van der Waals surface area contributed by atoms with Gasteiger partial charge < -0.3 is 21.1 Å². The maximum Gasteiger partial charge on any atom is 0.227 e. The summed E-state index contributed by atoms with van der Waals surface area (Å²) in [4.78, 5) is 16.8. The SMILES string of the molecule is CCNC(=O)C(C)(C)CN=C(NCC)NCC1(CCO)CCCCC1.I. The molecule has 0 radical (unpaired) electrons. The second-order valence-corrected chi connectivity index (χ2v) is 7.83. The maximum absolute atomic E-state index is 12.1. The van der Waals surface area contributed by atoms with Crippen LogP contribution in [0.25, 0.3) is 0 Å². The van der Waals surface area contributed by atoms with Crippen molar-refractivity contribution in [3.8, 4) is 0 Å². The minimum Gasteiger partial charge on any atom is -0.396 e. The number of nitrogens with one attached hydrogen (secondary N) is 3. The summed E-state index contributed by atoms with van der Waals surface area (Å²) in [5.74, 6) is 0.779. The number of rotatable bonds is 9. The number of amides is 1. The highest BCUT2D eigenvalue weighted by atomic mass is 127. The molecular weight excluding hydrogens is 443 g/mol. The standard InChI is InChI=1S/C19H38N4O2.HI/c1-5-20-16(25)18(3,4)14-22-17(21-6-2)23-15-19(12-13-24)10-8-7-9-11-19;/h24H,5-15H2,1-4H3,(H,20,25)(H2,21,22,23);1H. The van der Waals surface area contributed by atoms with Gasteiger partial charge in [-0.3, -0.25) is 9.79 Å². The number of aliphatic hydroxyl groups excluding tert-OH is 1. The topological polar surface area (TPSA) is 85.8 Å². The maximum atomic E-state index is 12.1. The van der Waals surface area contributed by atoms with Crippen LogP contribution in [-0.4, -0.2) is 49.8 Å². The van der Waals surface area contributed by atoms with E-state index in [4.69, 9.17) is 0 Å². The molecule has 0 aromatic heterocycles. The molecule has 0 aliphatic heterocycles. The van der Waals surface area contributed by atoms with E-state index in [1.807, 2.05) is 27.7 Å². The summed E-state index contributed by atoms with van der Waals surface area (Å²) < 4.78 is 0. The molecule has 1 amide bonds. The van der Waals surface area contributed by atoms with Gasteiger partial charge in [0.15, 0.2) is 5.96 Å². The Morgan fingerprint density at radius 2 is 1.69 bits per heavy atom. The highest BCUT2D eigenvalue weighted by Gasteiger charge is 2.32. The molecule has 4 N–H and O–H groups in total. The monoisotopic (exact) mass is 482 g/mol. The van der Waals surface area contributed by atoms with Gasteiger partial charge in [0.25, 0.3) is 0 Å². The van der Waals surface area contributed by atoms with E-state index >= 15 is 0 Å². The molecular formula is C19H39IN4O2. The number of hydrogen-bond donors (Lipinski definition) is 4. The Hall–Kier alpha value is -0.570. The number of aliphatic imine (C=N–C) groups is 1. The molecule has 1 aliphatic carbocycles. The molecule has 6 nitrogen and oxygen atoms in total. The molecule has 1 rings (SSSR count). The van der Waals surface area contributed by atoms with Crippen molar-refractivity contribution < 1.29 is 9.90 Å². The number of aliphatic hydroxyl groups is 1. The van der Waals surface area contributed by atoms with Crippen molar-refractivity contribution >= 4 is 35.8 Å². The molecule has 26 heavy (non-hydrogen) atoms. The first-order chi connectivity index (χ1) is 11.9. The molecule has 0 heterocycles. The van der Waals surface area contributed by atoms with Crippen LogP contribution in [0.5, 0.6) is 0 Å². The number of carbonyl (C=O) groups is 1. The van der Waals surface area contributed by atoms with Crippen LogP contribution in [0, 0.1) is 10.8 Å². The first-order valence-electron chi connectivity index (χ1n) is 9.80. The molecule has 0 bridgehead atoms. The van der Waals surface area contributed by atoms with Crippen molar-refractivity contribution in [1.29, 1.82) is 0 Å². The fourth-order valence-corrected chi connectivity index (χ4v) is 3.42. The number of hydrogen-bond acceptors (Lipinski definition) is 3. The Labute approximate surface area is 176 Å². The van der Waals surface area contributed by atoms with E-state index in [2.05, 4.69) is 20.9 Å². The van der Waals surface area contributed by atoms with E-state index in [0.29, 0.717) is 13.1 Å². The molecule has 0 atom stereocenters. The molecule has 7 heteroatoms. The minimum atomic E-state index is -0.536. The summed E-state index contributed by atoms with van der Waals surface area (Å²) in [5.41, 5.74) is -0.371. The van der Waals surface area contributed by atoms with Crippen LogP contribution in [0.2, 0.25) is 0 Å². The van der Waals surface area contributed by atoms with Gasteiger partial charge in [-0.25, -0.2) is 0 Å². The van der Waals surface area contributed by atoms with Gasteiger partial charge in [-0.15, -0.1) is 24.0 Å². The third-order valence-corrected chi connectivity index (χ3v) is 5.12. The van der Waals surface area contributed by atoms with Gasteiger partial charge in [0.1, 0.15) is 0 Å². The fraction of sp³-hybridized carbons (Fsp3) is 0.895. The van der Waals surface area contributed by atoms with Gasteiger partial charge in [0, 0.05) is 26.2 Å². The summed E-state index contributed by atoms with van der Waals surface area (Å²) >= 11 is 0. The zero-order valence-corrected chi connectivity index (χ0v) is 19.3. The Morgan fingerprint density at radius 1 is 1.08 bits per heavy atom. The number of carbonyl (C=O) groups excluding carboxylic acids is 1. The summed E-state index contributed by atoms with van der Waals surface area (Å²) in [7, 11) is 0. The van der Waals surface area contributed by atoms with Crippen LogP contribution < -0.4 is 16.0 Å². The summed E-state index contributed by atoms with van der Waals surface area (Å²) in [6.07, 6.45) is 6.92. The lowest BCUT2D eigenvalue weighted by atomic mass is 9.72. The quantitative estimate of drug-likeness (QED) is 0.231. The second kappa shape index (κ2) is 12.8. The van der Waals surface area contributed by atoms with Crippen molar-refractivity contribution in [3.63, 3.8) is 0 Å². The van der Waals surface area contributed by atoms with E-state index < -0.39 is 5.41 Å². The number of nitrogens with zero attached hydrogens (tertiary/aromatic N) is 1. The van der Waals surface area contributed by atoms with Crippen LogP contribution in [-0.2, 0) is 4.79 Å². The Bertz CT molecular complexity index is 430. The molecule has 0 spiro atoms. The Morgan fingerprint density at radius 3 is 2.23 bits per heavy atom. The van der Waals surface area contributed by atoms with Gasteiger partial charge in [-0.05, 0) is 52.4 Å². The van der Waals surface area contributed by atoms with E-state index in [1.54, 1.807) is 0 Å². The molecule has 0 saturated heterocycles. The zero-order chi connectivity index (χ0) is 18.8. The van der Waals surface area contributed by atoms with Gasteiger partial charge in [0.05, 0.1) is 12.0 Å². The van der Waals surface area contributed by atoms with Crippen LogP contribution in [0.15, 0.2) is 4.99 Å². The first-order valence-corrected chi connectivity index (χ1v) is 9.80. The lowest BCUT2D eigenvalue weighted by molar-refractivity contribution is -0.128. The normalized spacial score (nSPS) is 17.2. The van der Waals surface area contributed by atoms with Gasteiger partial charge >= 0.3 is 0 Å². The van der Waals surface area contributed by atoms with Crippen LogP contribution >= 0.6 is 24.0 Å². The van der Waals surface area contributed by atoms with E-state index in [9.17, 15) is 9.90 Å².